The number of hydrogen-bond acceptors (Lipinski definition) is 3. The van der Waals surface area contributed by atoms with Crippen LogP contribution in [0.4, 0.5) is 0 Å². The maximum atomic E-state index is 12.7. The van der Waals surface area contributed by atoms with Gasteiger partial charge in [-0.3, -0.25) is 9.13 Å². The van der Waals surface area contributed by atoms with Gasteiger partial charge in [-0.15, -0.1) is 0 Å². The first-order valence-corrected chi connectivity index (χ1v) is 9.27. The molecule has 0 saturated carbocycles. The fourth-order valence-electron chi connectivity index (χ4n) is 3.71. The van der Waals surface area contributed by atoms with E-state index in [1.54, 1.807) is 15.5 Å². The highest BCUT2D eigenvalue weighted by molar-refractivity contribution is 5.77. The Kier molecular flexibility index (Phi) is 4.36. The van der Waals surface area contributed by atoms with Crippen LogP contribution >= 0.6 is 0 Å². The molecular formula is C21H24N4O2. The predicted molar refractivity (Wildman–Crippen MR) is 107 cm³/mol. The Morgan fingerprint density at radius 1 is 1.00 bits per heavy atom. The third-order valence-corrected chi connectivity index (χ3v) is 5.28. The third-order valence-electron chi connectivity index (χ3n) is 5.28. The van der Waals surface area contributed by atoms with Crippen molar-refractivity contribution in [2.24, 2.45) is 0 Å². The molecule has 1 N–H and O–H groups in total. The minimum atomic E-state index is -0.696. The Morgan fingerprint density at radius 3 is 2.37 bits per heavy atom. The van der Waals surface area contributed by atoms with E-state index in [1.807, 2.05) is 35.8 Å². The summed E-state index contributed by atoms with van der Waals surface area (Å²) in [5.74, 6) is 0. The molecule has 140 valence electrons. The van der Waals surface area contributed by atoms with Gasteiger partial charge in [-0.1, -0.05) is 12.1 Å². The molecule has 0 unspecified atom stereocenters. The first-order chi connectivity index (χ1) is 13.0. The summed E-state index contributed by atoms with van der Waals surface area (Å²) in [7, 11) is 0. The molecule has 1 atom stereocenters. The van der Waals surface area contributed by atoms with Crippen molar-refractivity contribution in [2.45, 2.75) is 46.5 Å². The molecule has 2 aromatic carbocycles. The van der Waals surface area contributed by atoms with Gasteiger partial charge in [-0.25, -0.2) is 9.78 Å². The van der Waals surface area contributed by atoms with Gasteiger partial charge in [0, 0.05) is 6.54 Å². The quantitative estimate of drug-likeness (QED) is 0.592. The van der Waals surface area contributed by atoms with Crippen molar-refractivity contribution in [3.63, 3.8) is 0 Å². The number of imidazole rings is 2. The molecule has 0 amide bonds. The minimum absolute atomic E-state index is 0.0836. The van der Waals surface area contributed by atoms with Gasteiger partial charge in [-0.05, 0) is 56.2 Å². The summed E-state index contributed by atoms with van der Waals surface area (Å²) in [4.78, 5) is 17.2. The number of aliphatic hydroxyl groups excluding tert-OH is 1. The first kappa shape index (κ1) is 17.5. The Balaban J connectivity index is 1.65. The van der Waals surface area contributed by atoms with E-state index in [0.29, 0.717) is 13.1 Å². The van der Waals surface area contributed by atoms with E-state index >= 15 is 0 Å². The van der Waals surface area contributed by atoms with Crippen LogP contribution in [0.2, 0.25) is 0 Å². The van der Waals surface area contributed by atoms with E-state index in [-0.39, 0.29) is 12.2 Å². The number of rotatable bonds is 5. The maximum Gasteiger partial charge on any atom is 0.329 e. The van der Waals surface area contributed by atoms with E-state index in [4.69, 9.17) is 0 Å². The fourth-order valence-corrected chi connectivity index (χ4v) is 3.71. The van der Waals surface area contributed by atoms with Crippen molar-refractivity contribution in [3.8, 4) is 0 Å². The molecule has 0 spiro atoms. The molecule has 0 bridgehead atoms. The molecule has 4 rings (SSSR count). The number of hydrogen-bond donors (Lipinski definition) is 1. The molecule has 0 fully saturated rings. The lowest BCUT2D eigenvalue weighted by atomic mass is 10.1. The zero-order valence-electron chi connectivity index (χ0n) is 15.9. The van der Waals surface area contributed by atoms with Gasteiger partial charge >= 0.3 is 5.69 Å². The SMILES string of the molecule is CCn1c(=O)n(C[C@H](O)Cn2cnc3cc(C)c(C)cc32)c2ccccc21. The minimum Gasteiger partial charge on any atom is -0.389 e. The highest BCUT2D eigenvalue weighted by Crippen LogP contribution is 2.19. The van der Waals surface area contributed by atoms with E-state index in [1.165, 1.54) is 11.1 Å². The Bertz CT molecular complexity index is 1180. The second-order valence-corrected chi connectivity index (χ2v) is 7.10. The van der Waals surface area contributed by atoms with Gasteiger partial charge in [0.15, 0.2) is 0 Å². The summed E-state index contributed by atoms with van der Waals surface area (Å²) in [5.41, 5.74) is 5.99. The van der Waals surface area contributed by atoms with Crippen LogP contribution in [0.15, 0.2) is 47.5 Å². The molecule has 0 aliphatic heterocycles. The Morgan fingerprint density at radius 2 is 1.67 bits per heavy atom. The maximum absolute atomic E-state index is 12.7. The van der Waals surface area contributed by atoms with E-state index < -0.39 is 6.10 Å². The second-order valence-electron chi connectivity index (χ2n) is 7.10. The van der Waals surface area contributed by atoms with Crippen LogP contribution in [0.1, 0.15) is 18.1 Å². The van der Waals surface area contributed by atoms with Crippen LogP contribution in [0.5, 0.6) is 0 Å². The summed E-state index contributed by atoms with van der Waals surface area (Å²) in [6.45, 7) is 7.33. The Labute approximate surface area is 157 Å². The second kappa shape index (κ2) is 6.70. The predicted octanol–water partition coefficient (Wildman–Crippen LogP) is 2.85. The smallest absolute Gasteiger partial charge is 0.329 e. The van der Waals surface area contributed by atoms with Crippen LogP contribution in [0.25, 0.3) is 22.1 Å². The van der Waals surface area contributed by atoms with Crippen LogP contribution in [-0.2, 0) is 19.6 Å². The van der Waals surface area contributed by atoms with E-state index in [9.17, 15) is 9.90 Å². The normalized spacial score (nSPS) is 12.9. The van der Waals surface area contributed by atoms with Crippen LogP contribution in [0, 0.1) is 13.8 Å². The summed E-state index contributed by atoms with van der Waals surface area (Å²) < 4.78 is 5.36. The van der Waals surface area contributed by atoms with Gasteiger partial charge in [-0.2, -0.15) is 0 Å². The molecule has 27 heavy (non-hydrogen) atoms. The molecule has 0 aliphatic carbocycles. The number of aromatic nitrogens is 4. The summed E-state index contributed by atoms with van der Waals surface area (Å²) in [6.07, 6.45) is 1.06. The lowest BCUT2D eigenvalue weighted by molar-refractivity contribution is 0.135. The standard InChI is InChI=1S/C21H24N4O2/c1-4-24-18-7-5-6-8-19(18)25(21(24)27)12-16(26)11-23-13-22-17-9-14(2)15(3)10-20(17)23/h5-10,13,16,26H,4,11-12H2,1-3H3/t16-/m1/s1. The van der Waals surface area contributed by atoms with Gasteiger partial charge in [0.05, 0.1) is 47.6 Å². The van der Waals surface area contributed by atoms with Crippen molar-refractivity contribution < 1.29 is 5.11 Å². The third kappa shape index (κ3) is 2.96. The summed E-state index contributed by atoms with van der Waals surface area (Å²) in [5, 5.41) is 10.7. The number of benzene rings is 2. The average Bonchev–Trinajstić information content (AvgIpc) is 3.14. The molecule has 6 heteroatoms. The summed E-state index contributed by atoms with van der Waals surface area (Å²) >= 11 is 0. The van der Waals surface area contributed by atoms with Crippen molar-refractivity contribution in [1.82, 2.24) is 18.7 Å². The van der Waals surface area contributed by atoms with E-state index in [2.05, 4.69) is 31.0 Å². The number of para-hydroxylation sites is 2. The molecule has 0 aliphatic rings. The van der Waals surface area contributed by atoms with Crippen molar-refractivity contribution >= 4 is 22.1 Å². The lowest BCUT2D eigenvalue weighted by Crippen LogP contribution is -2.30. The number of aryl methyl sites for hydroxylation is 3. The molecule has 2 aromatic heterocycles. The Hall–Kier alpha value is -2.86. The van der Waals surface area contributed by atoms with Crippen LogP contribution < -0.4 is 5.69 Å². The number of aliphatic hydroxyl groups is 1. The molecule has 4 aromatic rings. The fraction of sp³-hybridized carbons (Fsp3) is 0.333. The van der Waals surface area contributed by atoms with Gasteiger partial charge in [0.1, 0.15) is 0 Å². The monoisotopic (exact) mass is 364 g/mol. The van der Waals surface area contributed by atoms with Crippen molar-refractivity contribution in [3.05, 3.63) is 64.3 Å². The molecular weight excluding hydrogens is 340 g/mol. The average molecular weight is 364 g/mol. The number of nitrogens with zero attached hydrogens (tertiary/aromatic N) is 4. The zero-order chi connectivity index (χ0) is 19.1. The van der Waals surface area contributed by atoms with Crippen molar-refractivity contribution in [2.75, 3.05) is 0 Å². The lowest BCUT2D eigenvalue weighted by Gasteiger charge is -2.13. The summed E-state index contributed by atoms with van der Waals surface area (Å²) in [6, 6.07) is 11.9. The largest absolute Gasteiger partial charge is 0.389 e. The molecule has 0 saturated heterocycles. The van der Waals surface area contributed by atoms with Gasteiger partial charge in [0.25, 0.3) is 0 Å². The number of fused-ring (bicyclic) bond motifs is 2. The van der Waals surface area contributed by atoms with Gasteiger partial charge in [0.2, 0.25) is 0 Å². The van der Waals surface area contributed by atoms with Crippen LogP contribution in [-0.4, -0.2) is 29.9 Å². The highest BCUT2D eigenvalue weighted by atomic mass is 16.3. The van der Waals surface area contributed by atoms with Gasteiger partial charge < -0.3 is 9.67 Å². The van der Waals surface area contributed by atoms with Crippen LogP contribution in [0.3, 0.4) is 0 Å². The van der Waals surface area contributed by atoms with E-state index in [0.717, 1.165) is 22.1 Å². The zero-order valence-corrected chi connectivity index (χ0v) is 15.9. The molecule has 6 nitrogen and oxygen atoms in total. The molecule has 0 radical (unpaired) electrons. The van der Waals surface area contributed by atoms with Crippen molar-refractivity contribution in [1.29, 1.82) is 0 Å². The molecule has 2 heterocycles. The topological polar surface area (TPSA) is 65.0 Å². The highest BCUT2D eigenvalue weighted by Gasteiger charge is 2.16. The first-order valence-electron chi connectivity index (χ1n) is 9.27.